The summed E-state index contributed by atoms with van der Waals surface area (Å²) < 4.78 is 7.72. The second-order valence-electron chi connectivity index (χ2n) is 14.8. The lowest BCUT2D eigenvalue weighted by Gasteiger charge is -2.29. The normalized spacial score (nSPS) is 11.8. The number of rotatable bonds is 6. The van der Waals surface area contributed by atoms with E-state index in [0.29, 0.717) is 0 Å². The first-order valence-electron chi connectivity index (χ1n) is 19.7. The molecule has 0 saturated carbocycles. The Kier molecular flexibility index (Phi) is 7.62. The van der Waals surface area contributed by atoms with Crippen LogP contribution in [0.25, 0.3) is 90.1 Å². The summed E-state index contributed by atoms with van der Waals surface area (Å²) in [5, 5.41) is 7.62. The molecule has 0 saturated heterocycles. The number of aromatic nitrogens is 1. The van der Waals surface area contributed by atoms with E-state index in [0.717, 1.165) is 17.1 Å². The standard InChI is InChI=1S/C54H34N2S2/c1-2-16-35(17-3-1)37-18-4-9-25-45(37)55(36-32-33-52-44(34-36)40-21-8-12-30-50(40)57-52)48-28-15-29-49-53(48)43-22-6-11-27-47(43)56(49)46-26-10-5-19-38(46)41-23-14-24-42-39-20-7-13-31-51(39)58-54(41)42/h1-34H. The van der Waals surface area contributed by atoms with Crippen LogP contribution in [0.4, 0.5) is 17.1 Å². The van der Waals surface area contributed by atoms with Crippen LogP contribution in [-0.4, -0.2) is 4.57 Å². The Bertz CT molecular complexity index is 3530. The lowest BCUT2D eigenvalue weighted by atomic mass is 10.0. The third kappa shape index (κ3) is 5.09. The van der Waals surface area contributed by atoms with Gasteiger partial charge in [0.25, 0.3) is 0 Å². The number of thiophene rings is 2. The molecule has 12 aromatic rings. The molecule has 12 rings (SSSR count). The highest BCUT2D eigenvalue weighted by Crippen LogP contribution is 2.49. The molecule has 0 aliphatic carbocycles. The first-order valence-corrected chi connectivity index (χ1v) is 21.3. The molecule has 0 atom stereocenters. The molecule has 0 N–H and O–H groups in total. The predicted molar refractivity (Wildman–Crippen MR) is 252 cm³/mol. The van der Waals surface area contributed by atoms with Gasteiger partial charge in [0, 0.05) is 73.5 Å². The summed E-state index contributed by atoms with van der Waals surface area (Å²) in [6, 6.07) is 75.7. The second-order valence-corrected chi connectivity index (χ2v) is 17.0. The maximum Gasteiger partial charge on any atom is 0.0562 e. The van der Waals surface area contributed by atoms with Crippen LogP contribution in [0.5, 0.6) is 0 Å². The number of fused-ring (bicyclic) bond motifs is 9. The number of benzene rings is 9. The number of para-hydroxylation sites is 3. The highest BCUT2D eigenvalue weighted by atomic mass is 32.1. The van der Waals surface area contributed by atoms with Crippen molar-refractivity contribution in [2.75, 3.05) is 4.90 Å². The summed E-state index contributed by atoms with van der Waals surface area (Å²) in [6.45, 7) is 0. The van der Waals surface area contributed by atoms with Gasteiger partial charge in [0.1, 0.15) is 0 Å². The molecule has 0 fully saturated rings. The average molecular weight is 775 g/mol. The summed E-state index contributed by atoms with van der Waals surface area (Å²) in [7, 11) is 0. The highest BCUT2D eigenvalue weighted by Gasteiger charge is 2.25. The van der Waals surface area contributed by atoms with Crippen LogP contribution in [0.1, 0.15) is 0 Å². The average Bonchev–Trinajstić information content (AvgIpc) is 3.97. The molecule has 0 unspecified atom stereocenters. The van der Waals surface area contributed by atoms with Gasteiger partial charge in [-0.25, -0.2) is 0 Å². The van der Waals surface area contributed by atoms with Crippen LogP contribution in [0.2, 0.25) is 0 Å². The zero-order valence-corrected chi connectivity index (χ0v) is 33.0. The van der Waals surface area contributed by atoms with Crippen molar-refractivity contribution in [3.05, 3.63) is 206 Å². The Morgan fingerprint density at radius 1 is 0.362 bits per heavy atom. The maximum atomic E-state index is 2.50. The maximum absolute atomic E-state index is 2.50. The van der Waals surface area contributed by atoms with Crippen molar-refractivity contribution in [1.29, 1.82) is 0 Å². The van der Waals surface area contributed by atoms with E-state index >= 15 is 0 Å². The monoisotopic (exact) mass is 774 g/mol. The minimum Gasteiger partial charge on any atom is -0.309 e. The van der Waals surface area contributed by atoms with Gasteiger partial charge in [0.2, 0.25) is 0 Å². The van der Waals surface area contributed by atoms with Gasteiger partial charge in [-0.2, -0.15) is 0 Å². The Morgan fingerprint density at radius 3 is 1.81 bits per heavy atom. The minimum absolute atomic E-state index is 1.13. The van der Waals surface area contributed by atoms with Gasteiger partial charge in [0.15, 0.2) is 0 Å². The van der Waals surface area contributed by atoms with Crippen molar-refractivity contribution >= 4 is 102 Å². The molecule has 0 bridgehead atoms. The molecule has 272 valence electrons. The summed E-state index contributed by atoms with van der Waals surface area (Å²) in [5.74, 6) is 0. The van der Waals surface area contributed by atoms with E-state index in [-0.39, 0.29) is 0 Å². The van der Waals surface area contributed by atoms with Crippen LogP contribution in [-0.2, 0) is 0 Å². The summed E-state index contributed by atoms with van der Waals surface area (Å²) in [4.78, 5) is 2.50. The Hall–Kier alpha value is -6.98. The van der Waals surface area contributed by atoms with Crippen LogP contribution >= 0.6 is 22.7 Å². The number of anilines is 3. The third-order valence-electron chi connectivity index (χ3n) is 11.6. The molecule has 0 aliphatic rings. The first-order chi connectivity index (χ1) is 28.8. The second kappa shape index (κ2) is 13.3. The molecule has 0 spiro atoms. The quantitative estimate of drug-likeness (QED) is 0.163. The fraction of sp³-hybridized carbons (Fsp3) is 0. The van der Waals surface area contributed by atoms with Crippen molar-refractivity contribution < 1.29 is 0 Å². The molecule has 0 radical (unpaired) electrons. The fourth-order valence-electron chi connectivity index (χ4n) is 9.09. The van der Waals surface area contributed by atoms with E-state index in [1.54, 1.807) is 0 Å². The number of hydrogen-bond donors (Lipinski definition) is 0. The number of hydrogen-bond acceptors (Lipinski definition) is 3. The number of nitrogens with zero attached hydrogens (tertiary/aromatic N) is 2. The lowest BCUT2D eigenvalue weighted by Crippen LogP contribution is -2.11. The van der Waals surface area contributed by atoms with Crippen molar-refractivity contribution in [2.45, 2.75) is 0 Å². The van der Waals surface area contributed by atoms with Crippen molar-refractivity contribution in [2.24, 2.45) is 0 Å². The third-order valence-corrected chi connectivity index (χ3v) is 14.0. The summed E-state index contributed by atoms with van der Waals surface area (Å²) in [6.07, 6.45) is 0. The van der Waals surface area contributed by atoms with E-state index in [4.69, 9.17) is 0 Å². The summed E-state index contributed by atoms with van der Waals surface area (Å²) >= 11 is 3.74. The molecule has 0 amide bonds. The molecule has 2 nitrogen and oxygen atoms in total. The van der Waals surface area contributed by atoms with Gasteiger partial charge in [-0.3, -0.25) is 0 Å². The largest absolute Gasteiger partial charge is 0.309 e. The molecule has 9 aromatic carbocycles. The van der Waals surface area contributed by atoms with Crippen LogP contribution in [0, 0.1) is 0 Å². The molecule has 0 aliphatic heterocycles. The molecule has 4 heteroatoms. The van der Waals surface area contributed by atoms with Crippen molar-refractivity contribution in [3.8, 4) is 27.9 Å². The molecule has 3 aromatic heterocycles. The molecule has 58 heavy (non-hydrogen) atoms. The van der Waals surface area contributed by atoms with E-state index in [1.165, 1.54) is 90.1 Å². The Labute approximate surface area is 343 Å². The van der Waals surface area contributed by atoms with Crippen LogP contribution in [0.3, 0.4) is 0 Å². The minimum atomic E-state index is 1.13. The fourth-order valence-corrected chi connectivity index (χ4v) is 11.4. The molecule has 3 heterocycles. The van der Waals surface area contributed by atoms with E-state index in [9.17, 15) is 0 Å². The van der Waals surface area contributed by atoms with E-state index < -0.39 is 0 Å². The van der Waals surface area contributed by atoms with E-state index in [1.807, 2.05) is 22.7 Å². The van der Waals surface area contributed by atoms with Crippen LogP contribution in [0.15, 0.2) is 206 Å². The lowest BCUT2D eigenvalue weighted by molar-refractivity contribution is 1.18. The molecular weight excluding hydrogens is 741 g/mol. The van der Waals surface area contributed by atoms with E-state index in [2.05, 4.69) is 216 Å². The van der Waals surface area contributed by atoms with Crippen molar-refractivity contribution in [3.63, 3.8) is 0 Å². The van der Waals surface area contributed by atoms with Gasteiger partial charge in [-0.1, -0.05) is 146 Å². The Morgan fingerprint density at radius 2 is 0.948 bits per heavy atom. The Balaban J connectivity index is 1.15. The molecular formula is C54H34N2S2. The van der Waals surface area contributed by atoms with Gasteiger partial charge in [-0.05, 0) is 66.2 Å². The zero-order valence-electron chi connectivity index (χ0n) is 31.3. The van der Waals surface area contributed by atoms with Crippen LogP contribution < -0.4 is 4.90 Å². The van der Waals surface area contributed by atoms with Gasteiger partial charge in [0.05, 0.1) is 28.1 Å². The zero-order chi connectivity index (χ0) is 38.2. The summed E-state index contributed by atoms with van der Waals surface area (Å²) in [5.41, 5.74) is 11.7. The van der Waals surface area contributed by atoms with Gasteiger partial charge in [-0.15, -0.1) is 22.7 Å². The smallest absolute Gasteiger partial charge is 0.0562 e. The highest BCUT2D eigenvalue weighted by molar-refractivity contribution is 7.26. The SMILES string of the molecule is c1ccc(-c2ccccc2N(c2ccc3sc4ccccc4c3c2)c2cccc3c2c2ccccc2n3-c2ccccc2-c2cccc3c2sc2ccccc23)cc1. The van der Waals surface area contributed by atoms with Gasteiger partial charge >= 0.3 is 0 Å². The van der Waals surface area contributed by atoms with Gasteiger partial charge < -0.3 is 9.47 Å². The topological polar surface area (TPSA) is 8.17 Å². The predicted octanol–water partition coefficient (Wildman–Crippen LogP) is 16.3. The van der Waals surface area contributed by atoms with Crippen molar-refractivity contribution in [1.82, 2.24) is 4.57 Å². The first kappa shape index (κ1) is 33.2.